The monoisotopic (exact) mass is 307 g/mol. The molecule has 3 aromatic rings. The summed E-state index contributed by atoms with van der Waals surface area (Å²) >= 11 is 0. The maximum Gasteiger partial charge on any atom is 0.128 e. The fourth-order valence-corrected chi connectivity index (χ4v) is 2.64. The van der Waals surface area contributed by atoms with Crippen LogP contribution < -0.4 is 10.5 Å². The van der Waals surface area contributed by atoms with Crippen molar-refractivity contribution in [1.29, 1.82) is 0 Å². The Morgan fingerprint density at radius 1 is 1.04 bits per heavy atom. The molecule has 0 bridgehead atoms. The fourth-order valence-electron chi connectivity index (χ4n) is 2.64. The van der Waals surface area contributed by atoms with Crippen LogP contribution in [0.2, 0.25) is 0 Å². The molecule has 0 saturated heterocycles. The van der Waals surface area contributed by atoms with Crippen LogP contribution in [-0.2, 0) is 13.0 Å². The zero-order chi connectivity index (χ0) is 16.1. The van der Waals surface area contributed by atoms with Crippen LogP contribution >= 0.6 is 0 Å². The van der Waals surface area contributed by atoms with Gasteiger partial charge in [-0.05, 0) is 24.6 Å². The molecule has 0 aliphatic rings. The van der Waals surface area contributed by atoms with Crippen molar-refractivity contribution in [2.75, 3.05) is 6.61 Å². The summed E-state index contributed by atoms with van der Waals surface area (Å²) in [6.45, 7) is 3.07. The van der Waals surface area contributed by atoms with Gasteiger partial charge in [0.25, 0.3) is 0 Å². The summed E-state index contributed by atoms with van der Waals surface area (Å²) < 4.78 is 6.01. The second-order valence-corrected chi connectivity index (χ2v) is 5.46. The number of aryl methyl sites for hydroxylation is 1. The van der Waals surface area contributed by atoms with Crippen molar-refractivity contribution < 1.29 is 4.74 Å². The smallest absolute Gasteiger partial charge is 0.128 e. The second kappa shape index (κ2) is 7.11. The van der Waals surface area contributed by atoms with Gasteiger partial charge in [-0.15, -0.1) is 0 Å². The molecule has 2 aromatic carbocycles. The number of hydrogen-bond donors (Lipinski definition) is 2. The van der Waals surface area contributed by atoms with Gasteiger partial charge in [0.15, 0.2) is 0 Å². The number of nitrogens with zero attached hydrogens (tertiary/aromatic N) is 1. The van der Waals surface area contributed by atoms with Crippen LogP contribution in [0.3, 0.4) is 0 Å². The number of H-pyrrole nitrogens is 1. The van der Waals surface area contributed by atoms with Crippen molar-refractivity contribution in [3.8, 4) is 17.0 Å². The average Bonchev–Trinajstić information content (AvgIpc) is 2.97. The number of benzene rings is 2. The second-order valence-electron chi connectivity index (χ2n) is 5.46. The number of aromatic amines is 1. The van der Waals surface area contributed by atoms with E-state index in [9.17, 15) is 0 Å². The van der Waals surface area contributed by atoms with Crippen LogP contribution in [0.4, 0.5) is 0 Å². The molecule has 0 radical (unpaired) electrons. The Kier molecular flexibility index (Phi) is 4.74. The quantitative estimate of drug-likeness (QED) is 0.733. The van der Waals surface area contributed by atoms with Crippen molar-refractivity contribution in [2.45, 2.75) is 19.9 Å². The average molecular weight is 307 g/mol. The molecule has 0 atom stereocenters. The zero-order valence-corrected chi connectivity index (χ0v) is 13.3. The lowest BCUT2D eigenvalue weighted by atomic mass is 10.1. The van der Waals surface area contributed by atoms with Crippen molar-refractivity contribution in [1.82, 2.24) is 10.2 Å². The van der Waals surface area contributed by atoms with Gasteiger partial charge in [0.1, 0.15) is 11.4 Å². The van der Waals surface area contributed by atoms with Gasteiger partial charge < -0.3 is 10.5 Å². The molecule has 118 valence electrons. The van der Waals surface area contributed by atoms with Gasteiger partial charge in [0, 0.05) is 29.8 Å². The largest absolute Gasteiger partial charge is 0.493 e. The number of aromatic nitrogens is 2. The first-order valence-corrected chi connectivity index (χ1v) is 7.79. The molecular weight excluding hydrogens is 286 g/mol. The third-order valence-electron chi connectivity index (χ3n) is 3.91. The minimum atomic E-state index is 0.454. The van der Waals surface area contributed by atoms with E-state index in [4.69, 9.17) is 10.5 Å². The highest BCUT2D eigenvalue weighted by Crippen LogP contribution is 2.31. The van der Waals surface area contributed by atoms with Crippen LogP contribution in [0, 0.1) is 6.92 Å². The molecule has 1 aromatic heterocycles. The Morgan fingerprint density at radius 3 is 2.57 bits per heavy atom. The predicted octanol–water partition coefficient (Wildman–Crippen LogP) is 3.47. The summed E-state index contributed by atoms with van der Waals surface area (Å²) in [6.07, 6.45) is 0.874. The molecule has 0 amide bonds. The van der Waals surface area contributed by atoms with Crippen molar-refractivity contribution in [3.05, 3.63) is 71.4 Å². The third-order valence-corrected chi connectivity index (χ3v) is 3.91. The molecule has 0 spiro atoms. The van der Waals surface area contributed by atoms with Gasteiger partial charge in [-0.25, -0.2) is 0 Å². The molecule has 0 fully saturated rings. The Labute approximate surface area is 136 Å². The first-order chi connectivity index (χ1) is 11.3. The van der Waals surface area contributed by atoms with Crippen molar-refractivity contribution >= 4 is 0 Å². The van der Waals surface area contributed by atoms with E-state index in [1.807, 2.05) is 49.4 Å². The van der Waals surface area contributed by atoms with Crippen LogP contribution in [0.1, 0.15) is 16.8 Å². The highest BCUT2D eigenvalue weighted by Gasteiger charge is 2.14. The molecule has 3 N–H and O–H groups in total. The number of rotatable bonds is 6. The summed E-state index contributed by atoms with van der Waals surface area (Å²) in [5, 5.41) is 7.41. The van der Waals surface area contributed by atoms with Gasteiger partial charge >= 0.3 is 0 Å². The highest BCUT2D eigenvalue weighted by atomic mass is 16.5. The minimum absolute atomic E-state index is 0.454. The van der Waals surface area contributed by atoms with Gasteiger partial charge in [-0.3, -0.25) is 5.10 Å². The van der Waals surface area contributed by atoms with Gasteiger partial charge in [-0.2, -0.15) is 5.10 Å². The van der Waals surface area contributed by atoms with E-state index >= 15 is 0 Å². The molecular formula is C19H21N3O. The number of para-hydroxylation sites is 1. The Bertz CT molecular complexity index is 765. The Balaban J connectivity index is 1.78. The van der Waals surface area contributed by atoms with E-state index in [0.29, 0.717) is 13.2 Å². The summed E-state index contributed by atoms with van der Waals surface area (Å²) in [5.74, 6) is 0.838. The number of nitrogens with two attached hydrogens (primary N) is 1. The molecule has 0 unspecified atom stereocenters. The lowest BCUT2D eigenvalue weighted by Crippen LogP contribution is -2.03. The van der Waals surface area contributed by atoms with Gasteiger partial charge in [0.2, 0.25) is 0 Å². The number of ether oxygens (including phenoxy) is 1. The van der Waals surface area contributed by atoms with Gasteiger partial charge in [0.05, 0.1) is 6.61 Å². The molecule has 23 heavy (non-hydrogen) atoms. The first-order valence-electron chi connectivity index (χ1n) is 7.79. The number of hydrogen-bond acceptors (Lipinski definition) is 3. The molecule has 4 nitrogen and oxygen atoms in total. The van der Waals surface area contributed by atoms with Crippen LogP contribution in [-0.4, -0.2) is 16.8 Å². The molecule has 1 heterocycles. The summed E-state index contributed by atoms with van der Waals surface area (Å²) in [4.78, 5) is 0. The van der Waals surface area contributed by atoms with E-state index < -0.39 is 0 Å². The summed E-state index contributed by atoms with van der Waals surface area (Å²) in [7, 11) is 0. The van der Waals surface area contributed by atoms with Crippen LogP contribution in [0.5, 0.6) is 5.75 Å². The lowest BCUT2D eigenvalue weighted by molar-refractivity contribution is 0.323. The summed E-state index contributed by atoms with van der Waals surface area (Å²) in [5.41, 5.74) is 11.0. The van der Waals surface area contributed by atoms with Crippen LogP contribution in [0.15, 0.2) is 54.6 Å². The molecule has 0 saturated carbocycles. The van der Waals surface area contributed by atoms with E-state index in [1.165, 1.54) is 5.56 Å². The Hall–Kier alpha value is -2.59. The van der Waals surface area contributed by atoms with Crippen molar-refractivity contribution in [3.63, 3.8) is 0 Å². The normalized spacial score (nSPS) is 10.7. The number of nitrogens with one attached hydrogen (secondary N) is 1. The fraction of sp³-hybridized carbons (Fsp3) is 0.211. The predicted molar refractivity (Wildman–Crippen MR) is 92.3 cm³/mol. The van der Waals surface area contributed by atoms with Gasteiger partial charge in [-0.1, -0.05) is 42.5 Å². The SMILES string of the molecule is Cc1[nH]nc(-c2ccccc2OCCc2ccccc2)c1CN. The highest BCUT2D eigenvalue weighted by molar-refractivity contribution is 5.70. The minimum Gasteiger partial charge on any atom is -0.493 e. The molecule has 0 aliphatic heterocycles. The van der Waals surface area contributed by atoms with E-state index in [1.54, 1.807) is 0 Å². The molecule has 3 rings (SSSR count). The van der Waals surface area contributed by atoms with Crippen molar-refractivity contribution in [2.24, 2.45) is 5.73 Å². The molecule has 0 aliphatic carbocycles. The topological polar surface area (TPSA) is 63.9 Å². The lowest BCUT2D eigenvalue weighted by Gasteiger charge is -2.11. The third kappa shape index (κ3) is 3.43. The van der Waals surface area contributed by atoms with E-state index in [-0.39, 0.29) is 0 Å². The Morgan fingerprint density at radius 2 is 1.78 bits per heavy atom. The van der Waals surface area contributed by atoms with E-state index in [0.717, 1.165) is 34.7 Å². The van der Waals surface area contributed by atoms with Crippen LogP contribution in [0.25, 0.3) is 11.3 Å². The zero-order valence-electron chi connectivity index (χ0n) is 13.3. The standard InChI is InChI=1S/C19H21N3O/c1-14-17(13-20)19(22-21-14)16-9-5-6-10-18(16)23-12-11-15-7-3-2-4-8-15/h2-10H,11-13,20H2,1H3,(H,21,22). The maximum absolute atomic E-state index is 6.01. The first kappa shape index (κ1) is 15.3. The maximum atomic E-state index is 6.01. The summed E-state index contributed by atoms with van der Waals surface area (Å²) in [6, 6.07) is 18.3. The molecule has 4 heteroatoms. The van der Waals surface area contributed by atoms with E-state index in [2.05, 4.69) is 22.3 Å².